The summed E-state index contributed by atoms with van der Waals surface area (Å²) >= 11 is 0. The predicted octanol–water partition coefficient (Wildman–Crippen LogP) is 4.02. The van der Waals surface area contributed by atoms with E-state index in [0.29, 0.717) is 0 Å². The summed E-state index contributed by atoms with van der Waals surface area (Å²) < 4.78 is 0. The first kappa shape index (κ1) is 12.4. The van der Waals surface area contributed by atoms with Crippen LogP contribution in [0.1, 0.15) is 32.3 Å². The van der Waals surface area contributed by atoms with Crippen molar-refractivity contribution in [2.24, 2.45) is 0 Å². The Hall–Kier alpha value is -1.63. The Morgan fingerprint density at radius 1 is 1.25 bits per heavy atom. The van der Waals surface area contributed by atoms with Crippen molar-refractivity contribution in [1.82, 2.24) is 0 Å². The van der Waals surface area contributed by atoms with Crippen LogP contribution in [-0.2, 0) is 4.79 Å². The van der Waals surface area contributed by atoms with Gasteiger partial charge in [-0.05, 0) is 30.9 Å². The first-order valence-electron chi connectivity index (χ1n) is 5.65. The number of allylic oxidation sites excluding steroid dienone is 3. The fourth-order valence-electron chi connectivity index (χ4n) is 1.50. The number of hydrogen-bond donors (Lipinski definition) is 0. The van der Waals surface area contributed by atoms with E-state index in [0.717, 1.165) is 18.4 Å². The summed E-state index contributed by atoms with van der Waals surface area (Å²) in [6.07, 6.45) is 7.72. The average Bonchev–Trinajstić information content (AvgIpc) is 2.29. The molecule has 1 rings (SSSR count). The van der Waals surface area contributed by atoms with Crippen LogP contribution in [0.25, 0.3) is 6.08 Å². The van der Waals surface area contributed by atoms with Gasteiger partial charge in [0.2, 0.25) is 0 Å². The minimum Gasteiger partial charge on any atom is -0.295 e. The number of carbonyl (C=O) groups excluding carboxylic acids is 1. The Balaban J connectivity index is 2.59. The van der Waals surface area contributed by atoms with Gasteiger partial charge in [-0.3, -0.25) is 4.79 Å². The van der Waals surface area contributed by atoms with Gasteiger partial charge < -0.3 is 0 Å². The lowest BCUT2D eigenvalue weighted by atomic mass is 10.1. The predicted molar refractivity (Wildman–Crippen MR) is 69.1 cm³/mol. The van der Waals surface area contributed by atoms with Crippen molar-refractivity contribution in [2.45, 2.75) is 26.7 Å². The molecule has 1 heteroatoms. The van der Waals surface area contributed by atoms with Crippen molar-refractivity contribution < 1.29 is 4.79 Å². The highest BCUT2D eigenvalue weighted by molar-refractivity contribution is 5.93. The molecule has 0 fully saturated rings. The molecule has 0 aromatic heterocycles. The molecule has 0 aliphatic heterocycles. The van der Waals surface area contributed by atoms with Crippen molar-refractivity contribution in [2.75, 3.05) is 0 Å². The molecule has 0 aliphatic rings. The molecule has 1 aromatic carbocycles. The highest BCUT2D eigenvalue weighted by Crippen LogP contribution is 2.08. The molecule has 0 bridgehead atoms. The topological polar surface area (TPSA) is 17.1 Å². The maximum atomic E-state index is 11.3. The second-order valence-electron chi connectivity index (χ2n) is 3.71. The number of benzene rings is 1. The number of hydrogen-bond acceptors (Lipinski definition) is 1. The van der Waals surface area contributed by atoms with Gasteiger partial charge in [0.25, 0.3) is 0 Å². The van der Waals surface area contributed by atoms with E-state index in [1.54, 1.807) is 6.92 Å². The summed E-state index contributed by atoms with van der Waals surface area (Å²) in [5.41, 5.74) is 2.07. The zero-order valence-electron chi connectivity index (χ0n) is 9.94. The Morgan fingerprint density at radius 3 is 2.50 bits per heavy atom. The van der Waals surface area contributed by atoms with E-state index in [9.17, 15) is 4.79 Å². The van der Waals surface area contributed by atoms with E-state index in [2.05, 4.69) is 0 Å². The van der Waals surface area contributed by atoms with Gasteiger partial charge in [0.15, 0.2) is 5.78 Å². The summed E-state index contributed by atoms with van der Waals surface area (Å²) in [5.74, 6) is 0.166. The normalized spacial score (nSPS) is 12.0. The van der Waals surface area contributed by atoms with Gasteiger partial charge in [0.05, 0.1) is 0 Å². The van der Waals surface area contributed by atoms with Crippen molar-refractivity contribution in [3.8, 4) is 0 Å². The van der Waals surface area contributed by atoms with Crippen LogP contribution in [0.4, 0.5) is 0 Å². The van der Waals surface area contributed by atoms with E-state index in [1.165, 1.54) is 5.56 Å². The molecule has 0 saturated carbocycles. The summed E-state index contributed by atoms with van der Waals surface area (Å²) in [6.45, 7) is 3.67. The molecule has 84 valence electrons. The maximum Gasteiger partial charge on any atom is 0.155 e. The van der Waals surface area contributed by atoms with Crippen molar-refractivity contribution in [3.63, 3.8) is 0 Å². The van der Waals surface area contributed by atoms with Gasteiger partial charge in [-0.1, -0.05) is 55.5 Å². The molecule has 0 radical (unpaired) electrons. The Kier molecular flexibility index (Phi) is 5.27. The molecule has 0 saturated heterocycles. The molecule has 0 atom stereocenters. The molecule has 16 heavy (non-hydrogen) atoms. The Bertz CT molecular complexity index is 385. The van der Waals surface area contributed by atoms with E-state index in [4.69, 9.17) is 0 Å². The molecule has 0 unspecified atom stereocenters. The number of ketones is 1. The van der Waals surface area contributed by atoms with Gasteiger partial charge >= 0.3 is 0 Å². The first-order valence-corrected chi connectivity index (χ1v) is 5.65. The van der Waals surface area contributed by atoms with E-state index in [1.807, 2.05) is 55.5 Å². The summed E-state index contributed by atoms with van der Waals surface area (Å²) in [6, 6.07) is 10.1. The molecular formula is C15H18O. The standard InChI is InChI=1S/C15H18O/c1-3-8-15(13(2)16)12-7-11-14-9-5-4-6-10-14/h4-11H,3,12H2,1-2H3/b11-7+,15-8+. The Morgan fingerprint density at radius 2 is 1.94 bits per heavy atom. The SMILES string of the molecule is CC/C=C(\C/C=C/c1ccccc1)C(C)=O. The van der Waals surface area contributed by atoms with Crippen molar-refractivity contribution >= 4 is 11.9 Å². The zero-order valence-corrected chi connectivity index (χ0v) is 9.94. The molecule has 0 spiro atoms. The summed E-state index contributed by atoms with van der Waals surface area (Å²) in [7, 11) is 0. The van der Waals surface area contributed by atoms with Crippen LogP contribution in [0.5, 0.6) is 0 Å². The molecule has 0 N–H and O–H groups in total. The van der Waals surface area contributed by atoms with Gasteiger partial charge in [-0.25, -0.2) is 0 Å². The maximum absolute atomic E-state index is 11.3. The minimum atomic E-state index is 0.166. The van der Waals surface area contributed by atoms with E-state index < -0.39 is 0 Å². The second kappa shape index (κ2) is 6.78. The molecule has 0 aliphatic carbocycles. The Labute approximate surface area is 97.5 Å². The average molecular weight is 214 g/mol. The van der Waals surface area contributed by atoms with Crippen LogP contribution < -0.4 is 0 Å². The lowest BCUT2D eigenvalue weighted by molar-refractivity contribution is -0.113. The highest BCUT2D eigenvalue weighted by atomic mass is 16.1. The van der Waals surface area contributed by atoms with Crippen LogP contribution in [0.15, 0.2) is 48.1 Å². The third-order valence-corrected chi connectivity index (χ3v) is 2.35. The molecule has 1 nitrogen and oxygen atoms in total. The quantitative estimate of drug-likeness (QED) is 0.677. The fraction of sp³-hybridized carbons (Fsp3) is 0.267. The zero-order chi connectivity index (χ0) is 11.8. The van der Waals surface area contributed by atoms with Crippen LogP contribution in [0.2, 0.25) is 0 Å². The first-order chi connectivity index (χ1) is 7.74. The smallest absolute Gasteiger partial charge is 0.155 e. The lowest BCUT2D eigenvalue weighted by Gasteiger charge is -1.98. The third-order valence-electron chi connectivity index (χ3n) is 2.35. The molecule has 0 amide bonds. The van der Waals surface area contributed by atoms with Gasteiger partial charge in [-0.15, -0.1) is 0 Å². The number of rotatable bonds is 5. The fourth-order valence-corrected chi connectivity index (χ4v) is 1.50. The summed E-state index contributed by atoms with van der Waals surface area (Å²) in [4.78, 5) is 11.3. The number of carbonyl (C=O) groups is 1. The third kappa shape index (κ3) is 4.26. The van der Waals surface area contributed by atoms with Crippen molar-refractivity contribution in [1.29, 1.82) is 0 Å². The lowest BCUT2D eigenvalue weighted by Crippen LogP contribution is -1.94. The van der Waals surface area contributed by atoms with Crippen LogP contribution in [-0.4, -0.2) is 5.78 Å². The van der Waals surface area contributed by atoms with E-state index in [-0.39, 0.29) is 5.78 Å². The van der Waals surface area contributed by atoms with Gasteiger partial charge in [0, 0.05) is 0 Å². The minimum absolute atomic E-state index is 0.166. The number of Topliss-reactive ketones (excluding diaryl/α,β-unsaturated/α-hetero) is 1. The van der Waals surface area contributed by atoms with E-state index >= 15 is 0 Å². The van der Waals surface area contributed by atoms with Gasteiger partial charge in [0.1, 0.15) is 0 Å². The van der Waals surface area contributed by atoms with Crippen LogP contribution >= 0.6 is 0 Å². The summed E-state index contributed by atoms with van der Waals surface area (Å²) in [5, 5.41) is 0. The van der Waals surface area contributed by atoms with Crippen LogP contribution in [0.3, 0.4) is 0 Å². The molecule has 0 heterocycles. The van der Waals surface area contributed by atoms with Crippen LogP contribution in [0, 0.1) is 0 Å². The second-order valence-corrected chi connectivity index (χ2v) is 3.71. The highest BCUT2D eigenvalue weighted by Gasteiger charge is 1.99. The van der Waals surface area contributed by atoms with Gasteiger partial charge in [-0.2, -0.15) is 0 Å². The van der Waals surface area contributed by atoms with Crippen molar-refractivity contribution in [3.05, 3.63) is 53.6 Å². The molecule has 1 aromatic rings. The molecular weight excluding hydrogens is 196 g/mol. The largest absolute Gasteiger partial charge is 0.295 e. The monoisotopic (exact) mass is 214 g/mol.